The fourth-order valence-electron chi connectivity index (χ4n) is 4.76. The smallest absolute Gasteiger partial charge is 0.265 e. The summed E-state index contributed by atoms with van der Waals surface area (Å²) in [6.45, 7) is 7.16. The topological polar surface area (TPSA) is 52.7 Å². The molecule has 2 aliphatic heterocycles. The highest BCUT2D eigenvalue weighted by atomic mass is 32.2. The van der Waals surface area contributed by atoms with Crippen LogP contribution in [-0.4, -0.2) is 48.9 Å². The number of thioether (sulfide) groups is 1. The van der Waals surface area contributed by atoms with Gasteiger partial charge in [-0.25, -0.2) is 0 Å². The lowest BCUT2D eigenvalue weighted by Crippen LogP contribution is -2.44. The SMILES string of the molecule is CCC1CCCCN1CCCNC(=O)CN1C(=O)C(=Cc2ccc(C)cc2)Sc2ccccc21. The van der Waals surface area contributed by atoms with Crippen molar-refractivity contribution in [1.82, 2.24) is 10.2 Å². The lowest BCUT2D eigenvalue weighted by molar-refractivity contribution is -0.122. The van der Waals surface area contributed by atoms with Crippen LogP contribution in [0.2, 0.25) is 0 Å². The Hall–Kier alpha value is -2.57. The van der Waals surface area contributed by atoms with Gasteiger partial charge < -0.3 is 10.2 Å². The fourth-order valence-corrected chi connectivity index (χ4v) is 5.82. The van der Waals surface area contributed by atoms with Crippen molar-refractivity contribution < 1.29 is 9.59 Å². The van der Waals surface area contributed by atoms with E-state index in [-0.39, 0.29) is 18.4 Å². The van der Waals surface area contributed by atoms with Crippen molar-refractivity contribution in [1.29, 1.82) is 0 Å². The van der Waals surface area contributed by atoms with Crippen molar-refractivity contribution in [2.24, 2.45) is 0 Å². The summed E-state index contributed by atoms with van der Waals surface area (Å²) in [5.41, 5.74) is 2.96. The van der Waals surface area contributed by atoms with Gasteiger partial charge in [-0.3, -0.25) is 14.5 Å². The number of anilines is 1. The summed E-state index contributed by atoms with van der Waals surface area (Å²) in [5.74, 6) is -0.242. The molecule has 0 aliphatic carbocycles. The van der Waals surface area contributed by atoms with E-state index in [1.807, 2.05) is 61.5 Å². The Morgan fingerprint density at radius 1 is 1.15 bits per heavy atom. The van der Waals surface area contributed by atoms with Crippen LogP contribution in [0, 0.1) is 6.92 Å². The standard InChI is InChI=1S/C28H35N3O2S/c1-3-23-9-6-7-17-30(23)18-8-16-29-27(32)20-31-24-10-4-5-11-25(24)34-26(28(31)33)19-22-14-12-21(2)13-15-22/h4-5,10-15,19,23H,3,6-9,16-18,20H2,1-2H3,(H,29,32). The number of nitrogens with zero attached hydrogens (tertiary/aromatic N) is 2. The lowest BCUT2D eigenvalue weighted by atomic mass is 10.00. The minimum absolute atomic E-state index is 0.0307. The molecule has 1 saturated heterocycles. The summed E-state index contributed by atoms with van der Waals surface area (Å²) in [6.07, 6.45) is 7.93. The maximum atomic E-state index is 13.4. The molecule has 0 aromatic heterocycles. The number of para-hydroxylation sites is 1. The Kier molecular flexibility index (Phi) is 8.46. The molecule has 0 saturated carbocycles. The van der Waals surface area contributed by atoms with Gasteiger partial charge in [-0.15, -0.1) is 0 Å². The highest BCUT2D eigenvalue weighted by Crippen LogP contribution is 2.41. The normalized spacial score (nSPS) is 19.8. The molecule has 2 amide bonds. The van der Waals surface area contributed by atoms with Crippen LogP contribution in [0.25, 0.3) is 6.08 Å². The molecule has 1 atom stereocenters. The van der Waals surface area contributed by atoms with Crippen LogP contribution in [0.1, 0.15) is 50.2 Å². The van der Waals surface area contributed by atoms with Crippen LogP contribution in [-0.2, 0) is 9.59 Å². The molecule has 2 aromatic carbocycles. The van der Waals surface area contributed by atoms with Gasteiger partial charge in [0.05, 0.1) is 10.6 Å². The third-order valence-corrected chi connectivity index (χ3v) is 7.75. The van der Waals surface area contributed by atoms with E-state index in [1.165, 1.54) is 49.6 Å². The molecule has 34 heavy (non-hydrogen) atoms. The van der Waals surface area contributed by atoms with E-state index in [0.717, 1.165) is 29.1 Å². The number of aryl methyl sites for hydroxylation is 1. The number of fused-ring (bicyclic) bond motifs is 1. The first-order chi connectivity index (χ1) is 16.5. The van der Waals surface area contributed by atoms with E-state index in [1.54, 1.807) is 4.90 Å². The van der Waals surface area contributed by atoms with E-state index in [9.17, 15) is 9.59 Å². The number of likely N-dealkylation sites (tertiary alicyclic amines) is 1. The summed E-state index contributed by atoms with van der Waals surface area (Å²) >= 11 is 1.47. The average Bonchev–Trinajstić information content (AvgIpc) is 2.86. The molecule has 4 rings (SSSR count). The number of carbonyl (C=O) groups excluding carboxylic acids is 2. The third kappa shape index (κ3) is 6.10. The first kappa shape index (κ1) is 24.6. The second kappa shape index (κ2) is 11.7. The van der Waals surface area contributed by atoms with Gasteiger partial charge >= 0.3 is 0 Å². The number of hydrogen-bond donors (Lipinski definition) is 1. The van der Waals surface area contributed by atoms with Crippen LogP contribution in [0.5, 0.6) is 0 Å². The zero-order valence-corrected chi connectivity index (χ0v) is 21.1. The lowest BCUT2D eigenvalue weighted by Gasteiger charge is -2.35. The molecule has 0 radical (unpaired) electrons. The summed E-state index contributed by atoms with van der Waals surface area (Å²) < 4.78 is 0. The average molecular weight is 478 g/mol. The van der Waals surface area contributed by atoms with Crippen molar-refractivity contribution in [2.75, 3.05) is 31.1 Å². The van der Waals surface area contributed by atoms with Crippen LogP contribution in [0.15, 0.2) is 58.3 Å². The van der Waals surface area contributed by atoms with Crippen LogP contribution < -0.4 is 10.2 Å². The van der Waals surface area contributed by atoms with E-state index in [4.69, 9.17) is 0 Å². The Balaban J connectivity index is 1.38. The van der Waals surface area contributed by atoms with Crippen LogP contribution in [0.3, 0.4) is 0 Å². The molecular weight excluding hydrogens is 442 g/mol. The van der Waals surface area contributed by atoms with E-state index >= 15 is 0 Å². The largest absolute Gasteiger partial charge is 0.355 e. The van der Waals surface area contributed by atoms with Gasteiger partial charge in [-0.2, -0.15) is 0 Å². The summed E-state index contributed by atoms with van der Waals surface area (Å²) in [7, 11) is 0. The Morgan fingerprint density at radius 2 is 1.94 bits per heavy atom. The van der Waals surface area contributed by atoms with Crippen molar-refractivity contribution in [3.05, 3.63) is 64.6 Å². The van der Waals surface area contributed by atoms with Gasteiger partial charge in [-0.05, 0) is 62.9 Å². The molecule has 0 spiro atoms. The van der Waals surface area contributed by atoms with E-state index < -0.39 is 0 Å². The molecular formula is C28H35N3O2S. The minimum Gasteiger partial charge on any atom is -0.355 e. The molecule has 2 heterocycles. The number of carbonyl (C=O) groups is 2. The monoisotopic (exact) mass is 477 g/mol. The van der Waals surface area contributed by atoms with Crippen LogP contribution >= 0.6 is 11.8 Å². The molecule has 5 nitrogen and oxygen atoms in total. The first-order valence-electron chi connectivity index (χ1n) is 12.4. The van der Waals surface area contributed by atoms with Crippen molar-refractivity contribution in [3.63, 3.8) is 0 Å². The summed E-state index contributed by atoms with van der Waals surface area (Å²) in [4.78, 5) is 31.9. The number of hydrogen-bond acceptors (Lipinski definition) is 4. The second-order valence-corrected chi connectivity index (χ2v) is 10.3. The van der Waals surface area contributed by atoms with Crippen molar-refractivity contribution in [2.45, 2.75) is 56.9 Å². The minimum atomic E-state index is -0.126. The molecule has 2 aliphatic rings. The number of piperidine rings is 1. The highest BCUT2D eigenvalue weighted by molar-refractivity contribution is 8.04. The number of rotatable bonds is 8. The Bertz CT molecular complexity index is 1030. The maximum absolute atomic E-state index is 13.4. The molecule has 0 bridgehead atoms. The quantitative estimate of drug-likeness (QED) is 0.417. The predicted molar refractivity (Wildman–Crippen MR) is 141 cm³/mol. The second-order valence-electron chi connectivity index (χ2n) is 9.18. The molecule has 1 fully saturated rings. The number of benzene rings is 2. The Morgan fingerprint density at radius 3 is 2.74 bits per heavy atom. The van der Waals surface area contributed by atoms with Gasteiger partial charge in [0.1, 0.15) is 6.54 Å². The predicted octanol–water partition coefficient (Wildman–Crippen LogP) is 5.25. The Labute approximate surface area is 207 Å². The molecule has 1 N–H and O–H groups in total. The van der Waals surface area contributed by atoms with Gasteiger partial charge in [0.2, 0.25) is 5.91 Å². The molecule has 2 aromatic rings. The summed E-state index contributed by atoms with van der Waals surface area (Å²) in [5, 5.41) is 3.04. The van der Waals surface area contributed by atoms with Gasteiger partial charge in [-0.1, -0.05) is 67.1 Å². The number of nitrogens with one attached hydrogen (secondary N) is 1. The van der Waals surface area contributed by atoms with Gasteiger partial charge in [0, 0.05) is 24.0 Å². The van der Waals surface area contributed by atoms with E-state index in [0.29, 0.717) is 17.5 Å². The number of amides is 2. The maximum Gasteiger partial charge on any atom is 0.265 e. The van der Waals surface area contributed by atoms with Gasteiger partial charge in [0.15, 0.2) is 0 Å². The van der Waals surface area contributed by atoms with Gasteiger partial charge in [0.25, 0.3) is 5.91 Å². The molecule has 6 heteroatoms. The van der Waals surface area contributed by atoms with E-state index in [2.05, 4.69) is 17.1 Å². The third-order valence-electron chi connectivity index (χ3n) is 6.67. The van der Waals surface area contributed by atoms with Crippen LogP contribution in [0.4, 0.5) is 5.69 Å². The first-order valence-corrected chi connectivity index (χ1v) is 13.2. The summed E-state index contributed by atoms with van der Waals surface area (Å²) in [6, 6.07) is 16.6. The molecule has 1 unspecified atom stereocenters. The zero-order valence-electron chi connectivity index (χ0n) is 20.3. The molecule has 180 valence electrons. The van der Waals surface area contributed by atoms with Crippen molar-refractivity contribution in [3.8, 4) is 0 Å². The zero-order chi connectivity index (χ0) is 23.9. The van der Waals surface area contributed by atoms with Crippen molar-refractivity contribution >= 4 is 35.3 Å². The fraction of sp³-hybridized carbons (Fsp3) is 0.429. The highest BCUT2D eigenvalue weighted by Gasteiger charge is 2.30.